The van der Waals surface area contributed by atoms with Gasteiger partial charge in [-0.2, -0.15) is 0 Å². The highest BCUT2D eigenvalue weighted by Gasteiger charge is 2.74. The summed E-state index contributed by atoms with van der Waals surface area (Å²) in [5, 5.41) is 9.83. The smallest absolute Gasteiger partial charge is 0.247 e. The average molecular weight is 526 g/mol. The van der Waals surface area contributed by atoms with Crippen molar-refractivity contribution in [1.29, 1.82) is 0 Å². The molecule has 4 rings (SSSR count). The van der Waals surface area contributed by atoms with Crippen molar-refractivity contribution < 1.29 is 19.5 Å². The number of β-amino-alcohol motifs (C(OH)–C–C–N with tert-alkyl or cyclic N) is 1. The topological polar surface area (TPSA) is 81.2 Å². The number of hydrogen-bond acceptors (Lipinski definition) is 5. The van der Waals surface area contributed by atoms with Gasteiger partial charge in [-0.1, -0.05) is 42.5 Å². The number of fused-ring (bicyclic) bond motifs is 1. The van der Waals surface area contributed by atoms with Gasteiger partial charge in [-0.3, -0.25) is 14.4 Å². The Morgan fingerprint density at radius 1 is 1.16 bits per heavy atom. The first-order valence-corrected chi connectivity index (χ1v) is 13.9. The highest BCUT2D eigenvalue weighted by atomic mass is 32.2. The Kier molecular flexibility index (Phi) is 7.91. The molecule has 1 spiro atoms. The first kappa shape index (κ1) is 27.5. The molecule has 0 aromatic heterocycles. The first-order chi connectivity index (χ1) is 17.6. The number of aliphatic hydroxyl groups is 1. The van der Waals surface area contributed by atoms with Crippen molar-refractivity contribution in [3.05, 3.63) is 61.2 Å². The molecule has 2 unspecified atom stereocenters. The van der Waals surface area contributed by atoms with E-state index in [1.807, 2.05) is 51.1 Å². The van der Waals surface area contributed by atoms with Crippen LogP contribution in [0.3, 0.4) is 0 Å². The molecule has 3 aliphatic heterocycles. The number of rotatable bonds is 10. The molecule has 3 fully saturated rings. The Bertz CT molecular complexity index is 1050. The minimum absolute atomic E-state index is 0.0152. The van der Waals surface area contributed by atoms with Gasteiger partial charge in [0.1, 0.15) is 6.04 Å². The van der Waals surface area contributed by atoms with Crippen LogP contribution < -0.4 is 0 Å². The van der Waals surface area contributed by atoms with E-state index in [1.165, 1.54) is 0 Å². The largest absolute Gasteiger partial charge is 0.395 e. The SMILES string of the molecule is C=CCN(Cc1ccccc1)C(=O)[C@@H]1[C@@H]2CCC3(S2)C(C(=O)N(CC=C)C(C)(C)C)N(CCO)C(=O)[C@H]13. The van der Waals surface area contributed by atoms with Crippen molar-refractivity contribution in [1.82, 2.24) is 14.7 Å². The summed E-state index contributed by atoms with van der Waals surface area (Å²) in [5.41, 5.74) is 0.544. The Balaban J connectivity index is 1.71. The third-order valence-electron chi connectivity index (χ3n) is 7.92. The molecule has 1 N–H and O–H groups in total. The molecule has 2 bridgehead atoms. The number of benzene rings is 1. The molecule has 7 nitrogen and oxygen atoms in total. The molecule has 3 amide bonds. The predicted molar refractivity (Wildman–Crippen MR) is 147 cm³/mol. The number of nitrogens with zero attached hydrogens (tertiary/aromatic N) is 3. The summed E-state index contributed by atoms with van der Waals surface area (Å²) in [5.74, 6) is -1.47. The average Bonchev–Trinajstić information content (AvgIpc) is 3.49. The molecule has 0 saturated carbocycles. The summed E-state index contributed by atoms with van der Waals surface area (Å²) >= 11 is 1.65. The second kappa shape index (κ2) is 10.7. The van der Waals surface area contributed by atoms with Crippen LogP contribution in [0.2, 0.25) is 0 Å². The summed E-state index contributed by atoms with van der Waals surface area (Å²) in [6.45, 7) is 14.6. The van der Waals surface area contributed by atoms with Gasteiger partial charge in [-0.15, -0.1) is 24.9 Å². The normalized spacial score (nSPS) is 28.2. The van der Waals surface area contributed by atoms with Gasteiger partial charge in [-0.05, 0) is 39.2 Å². The van der Waals surface area contributed by atoms with E-state index in [9.17, 15) is 19.5 Å². The lowest BCUT2D eigenvalue weighted by Gasteiger charge is -2.42. The van der Waals surface area contributed by atoms with Crippen molar-refractivity contribution in [2.75, 3.05) is 26.2 Å². The molecule has 3 heterocycles. The van der Waals surface area contributed by atoms with Crippen LogP contribution in [0.1, 0.15) is 39.2 Å². The lowest BCUT2D eigenvalue weighted by Crippen LogP contribution is -2.59. The third-order valence-corrected chi connectivity index (χ3v) is 9.88. The molecular weight excluding hydrogens is 486 g/mol. The van der Waals surface area contributed by atoms with Crippen molar-refractivity contribution in [3.8, 4) is 0 Å². The Morgan fingerprint density at radius 2 is 1.84 bits per heavy atom. The van der Waals surface area contributed by atoms with Crippen molar-refractivity contribution in [3.63, 3.8) is 0 Å². The van der Waals surface area contributed by atoms with Gasteiger partial charge in [0.05, 0.1) is 23.2 Å². The number of carbonyl (C=O) groups is 3. The number of likely N-dealkylation sites (tertiary alicyclic amines) is 1. The molecular formula is C29H39N3O4S. The first-order valence-electron chi connectivity index (χ1n) is 13.1. The maximum Gasteiger partial charge on any atom is 0.247 e. The van der Waals surface area contributed by atoms with Crippen LogP contribution in [0, 0.1) is 11.8 Å². The summed E-state index contributed by atoms with van der Waals surface area (Å²) in [6, 6.07) is 9.09. The molecule has 1 aromatic rings. The fourth-order valence-corrected chi connectivity index (χ4v) is 8.64. The van der Waals surface area contributed by atoms with Crippen LogP contribution in [0.15, 0.2) is 55.6 Å². The lowest BCUT2D eigenvalue weighted by atomic mass is 9.70. The zero-order chi connectivity index (χ0) is 27.0. The van der Waals surface area contributed by atoms with E-state index in [1.54, 1.807) is 38.6 Å². The molecule has 8 heteroatoms. The second-order valence-corrected chi connectivity index (χ2v) is 12.8. The number of thioether (sulfide) groups is 1. The molecule has 5 atom stereocenters. The zero-order valence-electron chi connectivity index (χ0n) is 22.1. The standard InChI is InChI=1S/C29H39N3O4S/c1-6-15-30(19-20-11-9-8-10-12-20)25(34)22-21-13-14-29(37-21)23(22)26(35)31(17-18-33)24(29)27(36)32(16-7-2)28(3,4)5/h6-12,21-24,33H,1-2,13-19H2,3-5H3/t21-,22+,23-,24?,29?/m0/s1. The fourth-order valence-electron chi connectivity index (χ4n) is 6.44. The van der Waals surface area contributed by atoms with Gasteiger partial charge < -0.3 is 19.8 Å². The molecule has 3 aliphatic rings. The summed E-state index contributed by atoms with van der Waals surface area (Å²) in [4.78, 5) is 47.3. The van der Waals surface area contributed by atoms with Crippen LogP contribution in [0.25, 0.3) is 0 Å². The van der Waals surface area contributed by atoms with Crippen LogP contribution in [0.5, 0.6) is 0 Å². The summed E-state index contributed by atoms with van der Waals surface area (Å²) in [6.07, 6.45) is 4.90. The van der Waals surface area contributed by atoms with Crippen LogP contribution in [-0.2, 0) is 20.9 Å². The molecule has 1 aromatic carbocycles. The van der Waals surface area contributed by atoms with Crippen molar-refractivity contribution >= 4 is 29.5 Å². The van der Waals surface area contributed by atoms with E-state index in [0.717, 1.165) is 12.0 Å². The minimum atomic E-state index is -0.717. The molecule has 3 saturated heterocycles. The van der Waals surface area contributed by atoms with Gasteiger partial charge >= 0.3 is 0 Å². The number of amides is 3. The van der Waals surface area contributed by atoms with Gasteiger partial charge in [0.15, 0.2) is 0 Å². The molecule has 200 valence electrons. The van der Waals surface area contributed by atoms with Gasteiger partial charge in [0, 0.05) is 37.0 Å². The maximum atomic E-state index is 14.2. The Hall–Kier alpha value is -2.58. The number of aliphatic hydroxyl groups excluding tert-OH is 1. The lowest BCUT2D eigenvalue weighted by molar-refractivity contribution is -0.146. The second-order valence-electron chi connectivity index (χ2n) is 11.2. The third kappa shape index (κ3) is 4.74. The van der Waals surface area contributed by atoms with Gasteiger partial charge in [-0.25, -0.2) is 0 Å². The monoisotopic (exact) mass is 525 g/mol. The fraction of sp³-hybridized carbons (Fsp3) is 0.552. The van der Waals surface area contributed by atoms with E-state index in [-0.39, 0.29) is 36.1 Å². The molecule has 37 heavy (non-hydrogen) atoms. The van der Waals surface area contributed by atoms with Gasteiger partial charge in [0.2, 0.25) is 17.7 Å². The van der Waals surface area contributed by atoms with Crippen LogP contribution in [-0.4, -0.2) is 85.3 Å². The quantitative estimate of drug-likeness (QED) is 0.475. The highest BCUT2D eigenvalue weighted by Crippen LogP contribution is 2.66. The van der Waals surface area contributed by atoms with E-state index in [0.29, 0.717) is 26.1 Å². The van der Waals surface area contributed by atoms with Gasteiger partial charge in [0.25, 0.3) is 0 Å². The van der Waals surface area contributed by atoms with Crippen LogP contribution >= 0.6 is 11.8 Å². The predicted octanol–water partition coefficient (Wildman–Crippen LogP) is 3.10. The molecule has 0 radical (unpaired) electrons. The highest BCUT2D eigenvalue weighted by molar-refractivity contribution is 8.02. The Labute approximate surface area is 224 Å². The van der Waals surface area contributed by atoms with E-state index >= 15 is 0 Å². The number of hydrogen-bond donors (Lipinski definition) is 1. The van der Waals surface area contributed by atoms with E-state index in [4.69, 9.17) is 0 Å². The van der Waals surface area contributed by atoms with E-state index < -0.39 is 28.2 Å². The van der Waals surface area contributed by atoms with Crippen LogP contribution in [0.4, 0.5) is 0 Å². The number of carbonyl (C=O) groups excluding carboxylic acids is 3. The Morgan fingerprint density at radius 3 is 2.43 bits per heavy atom. The zero-order valence-corrected chi connectivity index (χ0v) is 23.0. The van der Waals surface area contributed by atoms with E-state index in [2.05, 4.69) is 13.2 Å². The maximum absolute atomic E-state index is 14.2. The molecule has 0 aliphatic carbocycles. The summed E-state index contributed by atoms with van der Waals surface area (Å²) in [7, 11) is 0. The van der Waals surface area contributed by atoms with Crippen molar-refractivity contribution in [2.24, 2.45) is 11.8 Å². The summed E-state index contributed by atoms with van der Waals surface area (Å²) < 4.78 is -0.675. The minimum Gasteiger partial charge on any atom is -0.395 e. The van der Waals surface area contributed by atoms with Crippen molar-refractivity contribution in [2.45, 2.75) is 61.7 Å².